The molecule has 1 aromatic rings. The van der Waals surface area contributed by atoms with E-state index in [4.69, 9.17) is 9.47 Å². The second kappa shape index (κ2) is 6.79. The summed E-state index contributed by atoms with van der Waals surface area (Å²) in [5, 5.41) is 0. The molecule has 120 valence electrons. The van der Waals surface area contributed by atoms with Gasteiger partial charge >= 0.3 is 5.97 Å². The van der Waals surface area contributed by atoms with Crippen LogP contribution in [0.4, 0.5) is 0 Å². The molecule has 1 aromatic carbocycles. The van der Waals surface area contributed by atoms with E-state index in [2.05, 4.69) is 15.9 Å². The third-order valence-electron chi connectivity index (χ3n) is 3.11. The topological polar surface area (TPSA) is 55.8 Å². The Morgan fingerprint density at radius 2 is 2.18 bits per heavy atom. The maximum Gasteiger partial charge on any atom is 0.326 e. The molecule has 0 radical (unpaired) electrons. The quantitative estimate of drug-likeness (QED) is 0.768. The molecule has 1 aliphatic rings. The van der Waals surface area contributed by atoms with E-state index in [1.807, 2.05) is 24.3 Å². The molecule has 1 atom stereocenters. The summed E-state index contributed by atoms with van der Waals surface area (Å²) >= 11 is 3.42. The van der Waals surface area contributed by atoms with E-state index >= 15 is 0 Å². The largest absolute Gasteiger partial charge is 0.459 e. The first-order chi connectivity index (χ1) is 10.2. The summed E-state index contributed by atoms with van der Waals surface area (Å²) in [6, 6.07) is 7.73. The summed E-state index contributed by atoms with van der Waals surface area (Å²) in [4.78, 5) is 25.3. The van der Waals surface area contributed by atoms with Gasteiger partial charge in [-0.05, 0) is 38.5 Å². The SMILES string of the molecule is CC(C)(C)OC(=O)CN1C[C@@H](c2cccc(Br)c2)OCC1=O. The maximum atomic E-state index is 11.9. The molecule has 1 saturated heterocycles. The van der Waals surface area contributed by atoms with E-state index in [1.54, 1.807) is 20.8 Å². The molecular weight excluding hydrogens is 350 g/mol. The molecule has 1 amide bonds. The van der Waals surface area contributed by atoms with Crippen molar-refractivity contribution in [3.8, 4) is 0 Å². The Labute approximate surface area is 138 Å². The van der Waals surface area contributed by atoms with Gasteiger partial charge < -0.3 is 14.4 Å². The molecule has 2 rings (SSSR count). The lowest BCUT2D eigenvalue weighted by Gasteiger charge is -2.33. The van der Waals surface area contributed by atoms with Crippen LogP contribution in [0.1, 0.15) is 32.4 Å². The first-order valence-electron chi connectivity index (χ1n) is 7.11. The zero-order valence-corrected chi connectivity index (χ0v) is 14.6. The van der Waals surface area contributed by atoms with Crippen LogP contribution < -0.4 is 0 Å². The molecule has 0 aliphatic carbocycles. The molecule has 6 heteroatoms. The molecule has 0 N–H and O–H groups in total. The van der Waals surface area contributed by atoms with Crippen LogP contribution in [0.15, 0.2) is 28.7 Å². The highest BCUT2D eigenvalue weighted by Gasteiger charge is 2.30. The third kappa shape index (κ3) is 4.81. The first kappa shape index (κ1) is 17.0. The van der Waals surface area contributed by atoms with Gasteiger partial charge in [0.2, 0.25) is 5.91 Å². The number of esters is 1. The van der Waals surface area contributed by atoms with E-state index in [9.17, 15) is 9.59 Å². The average molecular weight is 370 g/mol. The summed E-state index contributed by atoms with van der Waals surface area (Å²) < 4.78 is 11.8. The van der Waals surface area contributed by atoms with Crippen LogP contribution in [-0.4, -0.2) is 42.1 Å². The normalized spacial score (nSPS) is 19.2. The fourth-order valence-corrected chi connectivity index (χ4v) is 2.63. The number of benzene rings is 1. The molecule has 22 heavy (non-hydrogen) atoms. The predicted molar refractivity (Wildman–Crippen MR) is 85.3 cm³/mol. The number of hydrogen-bond donors (Lipinski definition) is 0. The number of halogens is 1. The average Bonchev–Trinajstić information content (AvgIpc) is 2.39. The highest BCUT2D eigenvalue weighted by atomic mass is 79.9. The van der Waals surface area contributed by atoms with Gasteiger partial charge in [0.15, 0.2) is 0 Å². The fourth-order valence-electron chi connectivity index (χ4n) is 2.21. The van der Waals surface area contributed by atoms with Crippen molar-refractivity contribution >= 4 is 27.8 Å². The van der Waals surface area contributed by atoms with Gasteiger partial charge in [0, 0.05) is 4.47 Å². The highest BCUT2D eigenvalue weighted by molar-refractivity contribution is 9.10. The number of amides is 1. The van der Waals surface area contributed by atoms with Crippen LogP contribution in [0.5, 0.6) is 0 Å². The van der Waals surface area contributed by atoms with Gasteiger partial charge in [-0.2, -0.15) is 0 Å². The minimum atomic E-state index is -0.559. The standard InChI is InChI=1S/C16H20BrNO4/c1-16(2,3)22-15(20)9-18-8-13(21-10-14(18)19)11-5-4-6-12(17)7-11/h4-7,13H,8-10H2,1-3H3/t13-/m0/s1. The fraction of sp³-hybridized carbons (Fsp3) is 0.500. The van der Waals surface area contributed by atoms with Gasteiger partial charge in [0.25, 0.3) is 0 Å². The van der Waals surface area contributed by atoms with E-state index < -0.39 is 11.6 Å². The Kier molecular flexibility index (Phi) is 5.24. The van der Waals surface area contributed by atoms with Crippen molar-refractivity contribution in [1.82, 2.24) is 4.90 Å². The summed E-state index contributed by atoms with van der Waals surface area (Å²) in [5.41, 5.74) is 0.409. The second-order valence-electron chi connectivity index (χ2n) is 6.22. The molecule has 0 bridgehead atoms. The van der Waals surface area contributed by atoms with Crippen molar-refractivity contribution in [2.24, 2.45) is 0 Å². The maximum absolute atomic E-state index is 11.9. The molecule has 0 aromatic heterocycles. The number of morpholine rings is 1. The van der Waals surface area contributed by atoms with Gasteiger partial charge in [-0.3, -0.25) is 9.59 Å². The van der Waals surface area contributed by atoms with E-state index in [-0.39, 0.29) is 25.2 Å². The highest BCUT2D eigenvalue weighted by Crippen LogP contribution is 2.25. The monoisotopic (exact) mass is 369 g/mol. The van der Waals surface area contributed by atoms with E-state index in [1.165, 1.54) is 4.90 Å². The summed E-state index contributed by atoms with van der Waals surface area (Å²) in [7, 11) is 0. The van der Waals surface area contributed by atoms with Gasteiger partial charge in [-0.15, -0.1) is 0 Å². The lowest BCUT2D eigenvalue weighted by molar-refractivity contribution is -0.165. The third-order valence-corrected chi connectivity index (χ3v) is 3.60. The van der Waals surface area contributed by atoms with Crippen LogP contribution in [0.25, 0.3) is 0 Å². The number of carbonyl (C=O) groups excluding carboxylic acids is 2. The Morgan fingerprint density at radius 1 is 1.45 bits per heavy atom. The minimum absolute atomic E-state index is 0.0278. The van der Waals surface area contributed by atoms with Crippen molar-refractivity contribution in [2.45, 2.75) is 32.5 Å². The molecule has 0 unspecified atom stereocenters. The van der Waals surface area contributed by atoms with Gasteiger partial charge in [0.05, 0.1) is 6.54 Å². The number of carbonyl (C=O) groups is 2. The van der Waals surface area contributed by atoms with Gasteiger partial charge in [-0.25, -0.2) is 0 Å². The Balaban J connectivity index is 2.02. The zero-order valence-electron chi connectivity index (χ0n) is 13.0. The van der Waals surface area contributed by atoms with Crippen molar-refractivity contribution in [3.05, 3.63) is 34.3 Å². The van der Waals surface area contributed by atoms with Crippen LogP contribution in [-0.2, 0) is 19.1 Å². The lowest BCUT2D eigenvalue weighted by atomic mass is 10.1. The van der Waals surface area contributed by atoms with Crippen LogP contribution in [0, 0.1) is 0 Å². The van der Waals surface area contributed by atoms with E-state index in [0.717, 1.165) is 10.0 Å². The van der Waals surface area contributed by atoms with Crippen LogP contribution in [0.3, 0.4) is 0 Å². The number of nitrogens with zero attached hydrogens (tertiary/aromatic N) is 1. The van der Waals surface area contributed by atoms with Crippen molar-refractivity contribution < 1.29 is 19.1 Å². The van der Waals surface area contributed by atoms with Crippen LogP contribution in [0.2, 0.25) is 0 Å². The number of rotatable bonds is 3. The molecule has 0 saturated carbocycles. The Morgan fingerprint density at radius 3 is 2.82 bits per heavy atom. The Bertz CT molecular complexity index is 568. The first-order valence-corrected chi connectivity index (χ1v) is 7.90. The van der Waals surface area contributed by atoms with Crippen molar-refractivity contribution in [3.63, 3.8) is 0 Å². The van der Waals surface area contributed by atoms with Crippen LogP contribution >= 0.6 is 15.9 Å². The lowest BCUT2D eigenvalue weighted by Crippen LogP contribution is -2.46. The molecule has 1 heterocycles. The molecular formula is C16H20BrNO4. The Hall–Kier alpha value is -1.40. The molecule has 5 nitrogen and oxygen atoms in total. The predicted octanol–water partition coefficient (Wildman–Crippen LogP) is 2.69. The summed E-state index contributed by atoms with van der Waals surface area (Å²) in [5.74, 6) is -0.604. The zero-order chi connectivity index (χ0) is 16.3. The van der Waals surface area contributed by atoms with Crippen molar-refractivity contribution in [1.29, 1.82) is 0 Å². The second-order valence-corrected chi connectivity index (χ2v) is 7.13. The van der Waals surface area contributed by atoms with E-state index in [0.29, 0.717) is 6.54 Å². The molecule has 1 aliphatic heterocycles. The minimum Gasteiger partial charge on any atom is -0.459 e. The number of hydrogen-bond acceptors (Lipinski definition) is 4. The number of ether oxygens (including phenoxy) is 2. The molecule has 0 spiro atoms. The van der Waals surface area contributed by atoms with Crippen molar-refractivity contribution in [2.75, 3.05) is 19.7 Å². The smallest absolute Gasteiger partial charge is 0.326 e. The van der Waals surface area contributed by atoms with Gasteiger partial charge in [0.1, 0.15) is 24.9 Å². The summed E-state index contributed by atoms with van der Waals surface area (Å²) in [6.07, 6.45) is -0.238. The summed E-state index contributed by atoms with van der Waals surface area (Å²) in [6.45, 7) is 5.67. The molecule has 1 fully saturated rings. The van der Waals surface area contributed by atoms with Gasteiger partial charge in [-0.1, -0.05) is 28.1 Å².